The summed E-state index contributed by atoms with van der Waals surface area (Å²) in [5.74, 6) is -0.143. The van der Waals surface area contributed by atoms with Crippen LogP contribution in [0.5, 0.6) is 0 Å². The van der Waals surface area contributed by atoms with Gasteiger partial charge in [-0.2, -0.15) is 0 Å². The van der Waals surface area contributed by atoms with Gasteiger partial charge in [-0.1, -0.05) is 20.8 Å². The van der Waals surface area contributed by atoms with E-state index < -0.39 is 0 Å². The van der Waals surface area contributed by atoms with E-state index in [4.69, 9.17) is 10.5 Å². The van der Waals surface area contributed by atoms with Crippen molar-refractivity contribution in [2.75, 3.05) is 13.2 Å². The molecule has 0 rings (SSSR count). The normalized spacial score (nSPS) is 11.3. The van der Waals surface area contributed by atoms with Crippen LogP contribution in [-0.4, -0.2) is 19.1 Å². The van der Waals surface area contributed by atoms with Crippen molar-refractivity contribution in [1.82, 2.24) is 0 Å². The fourth-order valence-corrected chi connectivity index (χ4v) is 0.616. The van der Waals surface area contributed by atoms with Gasteiger partial charge in [-0.25, -0.2) is 0 Å². The van der Waals surface area contributed by atoms with Crippen molar-refractivity contribution in [1.29, 1.82) is 0 Å². The van der Waals surface area contributed by atoms with Crippen LogP contribution in [0.1, 0.15) is 33.6 Å². The summed E-state index contributed by atoms with van der Waals surface area (Å²) in [5.41, 5.74) is 5.30. The van der Waals surface area contributed by atoms with Crippen molar-refractivity contribution in [2.45, 2.75) is 33.6 Å². The highest BCUT2D eigenvalue weighted by molar-refractivity contribution is 5.69. The number of hydrogen-bond donors (Lipinski definition) is 1. The first-order chi connectivity index (χ1) is 5.45. The third-order valence-corrected chi connectivity index (χ3v) is 1.25. The van der Waals surface area contributed by atoms with Gasteiger partial charge in [0.1, 0.15) is 0 Å². The van der Waals surface area contributed by atoms with Crippen LogP contribution in [0.15, 0.2) is 0 Å². The second-order valence-electron chi connectivity index (χ2n) is 4.11. The molecular weight excluding hydrogens is 154 g/mol. The topological polar surface area (TPSA) is 52.3 Å². The zero-order valence-corrected chi connectivity index (χ0v) is 8.22. The average Bonchev–Trinajstić information content (AvgIpc) is 1.95. The smallest absolute Gasteiger partial charge is 0.305 e. The van der Waals surface area contributed by atoms with Gasteiger partial charge in [0.15, 0.2) is 0 Å². The molecule has 3 nitrogen and oxygen atoms in total. The lowest BCUT2D eigenvalue weighted by molar-refractivity contribution is -0.146. The molecule has 2 N–H and O–H groups in total. The van der Waals surface area contributed by atoms with Gasteiger partial charge in [0.25, 0.3) is 0 Å². The molecule has 0 saturated heterocycles. The molecule has 0 aromatic heterocycles. The summed E-state index contributed by atoms with van der Waals surface area (Å²) < 4.78 is 5.01. The lowest BCUT2D eigenvalue weighted by atomic mass is 9.99. The van der Waals surface area contributed by atoms with Gasteiger partial charge >= 0.3 is 5.97 Å². The Morgan fingerprint density at radius 2 is 2.00 bits per heavy atom. The zero-order chi connectivity index (χ0) is 9.61. The van der Waals surface area contributed by atoms with Crippen molar-refractivity contribution >= 4 is 5.97 Å². The summed E-state index contributed by atoms with van der Waals surface area (Å²) >= 11 is 0. The van der Waals surface area contributed by atoms with Crippen LogP contribution in [0.4, 0.5) is 0 Å². The van der Waals surface area contributed by atoms with E-state index in [0.717, 1.165) is 0 Å². The van der Waals surface area contributed by atoms with Gasteiger partial charge in [0.2, 0.25) is 0 Å². The number of ether oxygens (including phenoxy) is 1. The maximum absolute atomic E-state index is 11.0. The summed E-state index contributed by atoms with van der Waals surface area (Å²) in [6, 6.07) is 0. The average molecular weight is 173 g/mol. The maximum Gasteiger partial charge on any atom is 0.305 e. The predicted octanol–water partition coefficient (Wildman–Crippen LogP) is 1.31. The van der Waals surface area contributed by atoms with Crippen LogP contribution in [-0.2, 0) is 9.53 Å². The Balaban J connectivity index is 3.44. The highest BCUT2D eigenvalue weighted by Crippen LogP contribution is 2.13. The largest absolute Gasteiger partial charge is 0.465 e. The summed E-state index contributed by atoms with van der Waals surface area (Å²) in [5, 5.41) is 0. The van der Waals surface area contributed by atoms with Crippen molar-refractivity contribution in [3.05, 3.63) is 0 Å². The number of nitrogens with two attached hydrogens (primary N) is 1. The Morgan fingerprint density at radius 1 is 1.42 bits per heavy atom. The molecule has 72 valence electrons. The fraction of sp³-hybridized carbons (Fsp3) is 0.889. The molecule has 0 bridgehead atoms. The molecule has 0 radical (unpaired) electrons. The van der Waals surface area contributed by atoms with Gasteiger partial charge in [-0.3, -0.25) is 4.79 Å². The van der Waals surface area contributed by atoms with Crippen LogP contribution in [0.3, 0.4) is 0 Å². The molecule has 0 aromatic rings. The van der Waals surface area contributed by atoms with E-state index in [-0.39, 0.29) is 11.4 Å². The van der Waals surface area contributed by atoms with Gasteiger partial charge in [0.05, 0.1) is 6.61 Å². The minimum absolute atomic E-state index is 0.0539. The monoisotopic (exact) mass is 173 g/mol. The van der Waals surface area contributed by atoms with Gasteiger partial charge in [-0.15, -0.1) is 0 Å². The van der Waals surface area contributed by atoms with E-state index in [1.165, 1.54) is 0 Å². The van der Waals surface area contributed by atoms with Gasteiger partial charge in [0, 0.05) is 6.42 Å². The molecule has 0 atom stereocenters. The molecule has 0 amide bonds. The van der Waals surface area contributed by atoms with E-state index in [9.17, 15) is 4.79 Å². The Kier molecular flexibility index (Phi) is 4.90. The second-order valence-corrected chi connectivity index (χ2v) is 4.11. The van der Waals surface area contributed by atoms with Gasteiger partial charge < -0.3 is 10.5 Å². The Morgan fingerprint density at radius 3 is 2.42 bits per heavy atom. The molecule has 12 heavy (non-hydrogen) atoms. The zero-order valence-electron chi connectivity index (χ0n) is 8.22. The van der Waals surface area contributed by atoms with E-state index >= 15 is 0 Å². The van der Waals surface area contributed by atoms with Crippen LogP contribution in [0.2, 0.25) is 0 Å². The molecule has 0 spiro atoms. The van der Waals surface area contributed by atoms with Crippen molar-refractivity contribution < 1.29 is 9.53 Å². The summed E-state index contributed by atoms with van der Waals surface area (Å²) in [4.78, 5) is 11.0. The minimum atomic E-state index is -0.143. The molecule has 0 saturated carbocycles. The Bertz CT molecular complexity index is 138. The number of esters is 1. The molecule has 3 heteroatoms. The number of rotatable bonds is 4. The molecule has 0 aliphatic carbocycles. The fourth-order valence-electron chi connectivity index (χ4n) is 0.616. The second kappa shape index (κ2) is 5.14. The standard InChI is InChI=1S/C9H19NO2/c1-9(2,3)7-12-8(11)5-4-6-10/h4-7,10H2,1-3H3. The van der Waals surface area contributed by atoms with Crippen LogP contribution in [0, 0.1) is 5.41 Å². The quantitative estimate of drug-likeness (QED) is 0.652. The molecule has 0 aliphatic rings. The van der Waals surface area contributed by atoms with E-state index in [2.05, 4.69) is 0 Å². The maximum atomic E-state index is 11.0. The molecule has 0 aliphatic heterocycles. The Hall–Kier alpha value is -0.570. The summed E-state index contributed by atoms with van der Waals surface area (Å²) in [7, 11) is 0. The molecule has 0 unspecified atom stereocenters. The highest BCUT2D eigenvalue weighted by Gasteiger charge is 2.12. The van der Waals surface area contributed by atoms with Crippen LogP contribution < -0.4 is 5.73 Å². The van der Waals surface area contributed by atoms with Crippen molar-refractivity contribution in [3.63, 3.8) is 0 Å². The summed E-state index contributed by atoms with van der Waals surface area (Å²) in [6.45, 7) is 7.12. The first-order valence-electron chi connectivity index (χ1n) is 4.31. The number of carbonyl (C=O) groups excluding carboxylic acids is 1. The van der Waals surface area contributed by atoms with Crippen molar-refractivity contribution in [3.8, 4) is 0 Å². The van der Waals surface area contributed by atoms with E-state index in [1.54, 1.807) is 0 Å². The molecule has 0 heterocycles. The summed E-state index contributed by atoms with van der Waals surface area (Å²) in [6.07, 6.45) is 1.15. The minimum Gasteiger partial charge on any atom is -0.465 e. The lowest BCUT2D eigenvalue weighted by Gasteiger charge is -2.17. The third-order valence-electron chi connectivity index (χ3n) is 1.25. The number of carbonyl (C=O) groups is 1. The Labute approximate surface area is 74.3 Å². The van der Waals surface area contributed by atoms with Gasteiger partial charge in [-0.05, 0) is 18.4 Å². The molecule has 0 aromatic carbocycles. The number of hydrogen-bond acceptors (Lipinski definition) is 3. The first-order valence-corrected chi connectivity index (χ1v) is 4.31. The predicted molar refractivity (Wildman–Crippen MR) is 48.7 cm³/mol. The third kappa shape index (κ3) is 7.54. The van der Waals surface area contributed by atoms with E-state index in [0.29, 0.717) is 26.0 Å². The molecular formula is C9H19NO2. The van der Waals surface area contributed by atoms with E-state index in [1.807, 2.05) is 20.8 Å². The van der Waals surface area contributed by atoms with Crippen LogP contribution in [0.25, 0.3) is 0 Å². The lowest BCUT2D eigenvalue weighted by Crippen LogP contribution is -2.18. The first kappa shape index (κ1) is 11.4. The van der Waals surface area contributed by atoms with Crippen molar-refractivity contribution in [2.24, 2.45) is 11.1 Å². The van der Waals surface area contributed by atoms with Crippen LogP contribution >= 0.6 is 0 Å². The highest BCUT2D eigenvalue weighted by atomic mass is 16.5. The SMILES string of the molecule is CC(C)(C)COC(=O)CCCN. The molecule has 0 fully saturated rings.